The molecule has 6 heteroatoms. The van der Waals surface area contributed by atoms with Gasteiger partial charge in [0.15, 0.2) is 0 Å². The number of hydrogen-bond acceptors (Lipinski definition) is 4. The SMILES string of the molecule is OB(O)c1cc(Cl)cc2c(S)csc12. The maximum atomic E-state index is 9.13. The summed E-state index contributed by atoms with van der Waals surface area (Å²) >= 11 is 11.5. The van der Waals surface area contributed by atoms with Gasteiger partial charge in [-0.15, -0.1) is 24.0 Å². The van der Waals surface area contributed by atoms with Crippen molar-refractivity contribution in [3.8, 4) is 0 Å². The van der Waals surface area contributed by atoms with E-state index in [0.717, 1.165) is 15.0 Å². The highest BCUT2D eigenvalue weighted by molar-refractivity contribution is 7.80. The molecule has 0 fully saturated rings. The molecule has 14 heavy (non-hydrogen) atoms. The molecule has 0 aliphatic rings. The number of benzene rings is 1. The van der Waals surface area contributed by atoms with Crippen LogP contribution < -0.4 is 5.46 Å². The number of fused-ring (bicyclic) bond motifs is 1. The van der Waals surface area contributed by atoms with Crippen LogP contribution in [0.1, 0.15) is 0 Å². The molecule has 0 unspecified atom stereocenters. The molecule has 1 heterocycles. The van der Waals surface area contributed by atoms with E-state index in [1.807, 2.05) is 5.38 Å². The molecule has 0 aliphatic carbocycles. The van der Waals surface area contributed by atoms with Crippen molar-refractivity contribution in [3.05, 3.63) is 22.5 Å². The van der Waals surface area contributed by atoms with Gasteiger partial charge in [-0.25, -0.2) is 0 Å². The Kier molecular flexibility index (Phi) is 2.77. The van der Waals surface area contributed by atoms with Crippen molar-refractivity contribution in [2.24, 2.45) is 0 Å². The molecule has 2 aromatic rings. The fraction of sp³-hybridized carbons (Fsp3) is 0. The second-order valence-corrected chi connectivity index (χ2v) is 4.66. The van der Waals surface area contributed by atoms with Gasteiger partial charge in [-0.05, 0) is 12.1 Å². The van der Waals surface area contributed by atoms with E-state index in [2.05, 4.69) is 12.6 Å². The Morgan fingerprint density at radius 2 is 2.07 bits per heavy atom. The van der Waals surface area contributed by atoms with Crippen LogP contribution in [0.3, 0.4) is 0 Å². The lowest BCUT2D eigenvalue weighted by Gasteiger charge is -2.02. The van der Waals surface area contributed by atoms with Crippen molar-refractivity contribution >= 4 is 58.2 Å². The Morgan fingerprint density at radius 1 is 1.36 bits per heavy atom. The smallest absolute Gasteiger partial charge is 0.423 e. The minimum atomic E-state index is -1.50. The summed E-state index contributed by atoms with van der Waals surface area (Å²) in [5.74, 6) is 0. The molecule has 72 valence electrons. The van der Waals surface area contributed by atoms with Crippen LogP contribution in [-0.4, -0.2) is 17.2 Å². The Labute approximate surface area is 95.7 Å². The van der Waals surface area contributed by atoms with Gasteiger partial charge >= 0.3 is 7.12 Å². The van der Waals surface area contributed by atoms with Gasteiger partial charge < -0.3 is 10.0 Å². The summed E-state index contributed by atoms with van der Waals surface area (Å²) in [5.41, 5.74) is 0.429. The van der Waals surface area contributed by atoms with E-state index in [0.29, 0.717) is 10.5 Å². The molecule has 0 bridgehead atoms. The third-order valence-corrected chi connectivity index (χ3v) is 3.73. The molecule has 0 atom stereocenters. The standard InChI is InChI=1S/C8H6BClO2S2/c10-4-1-5-7(13)3-14-8(5)6(2-4)9(11)12/h1-3,11-13H. The Morgan fingerprint density at radius 3 is 2.71 bits per heavy atom. The number of hydrogen-bond donors (Lipinski definition) is 3. The largest absolute Gasteiger partial charge is 0.489 e. The lowest BCUT2D eigenvalue weighted by Crippen LogP contribution is -2.29. The lowest BCUT2D eigenvalue weighted by atomic mass is 9.80. The molecular weight excluding hydrogens is 238 g/mol. The predicted octanol–water partition coefficient (Wildman–Crippen LogP) is 1.52. The van der Waals surface area contributed by atoms with Crippen LogP contribution in [0.25, 0.3) is 10.1 Å². The zero-order valence-electron chi connectivity index (χ0n) is 6.94. The highest BCUT2D eigenvalue weighted by Crippen LogP contribution is 2.29. The molecule has 0 amide bonds. The minimum absolute atomic E-state index is 0.429. The van der Waals surface area contributed by atoms with Crippen molar-refractivity contribution in [2.75, 3.05) is 0 Å². The predicted molar refractivity (Wildman–Crippen MR) is 63.9 cm³/mol. The van der Waals surface area contributed by atoms with Crippen LogP contribution >= 0.6 is 35.6 Å². The van der Waals surface area contributed by atoms with Crippen molar-refractivity contribution in [2.45, 2.75) is 4.90 Å². The van der Waals surface area contributed by atoms with E-state index >= 15 is 0 Å². The van der Waals surface area contributed by atoms with Crippen molar-refractivity contribution in [1.82, 2.24) is 0 Å². The van der Waals surface area contributed by atoms with Crippen molar-refractivity contribution in [3.63, 3.8) is 0 Å². The molecule has 2 rings (SSSR count). The van der Waals surface area contributed by atoms with Gasteiger partial charge in [-0.3, -0.25) is 0 Å². The van der Waals surface area contributed by atoms with Gasteiger partial charge in [0.25, 0.3) is 0 Å². The highest BCUT2D eigenvalue weighted by Gasteiger charge is 2.17. The average molecular weight is 245 g/mol. The number of thiol groups is 1. The van der Waals surface area contributed by atoms with Crippen molar-refractivity contribution in [1.29, 1.82) is 0 Å². The normalized spacial score (nSPS) is 10.9. The van der Waals surface area contributed by atoms with Crippen LogP contribution in [0.4, 0.5) is 0 Å². The third kappa shape index (κ3) is 1.66. The summed E-state index contributed by atoms with van der Waals surface area (Å²) < 4.78 is 0.814. The molecule has 1 aromatic carbocycles. The van der Waals surface area contributed by atoms with Gasteiger partial charge in [0.1, 0.15) is 0 Å². The molecule has 0 spiro atoms. The van der Waals surface area contributed by atoms with Crippen molar-refractivity contribution < 1.29 is 10.0 Å². The summed E-state index contributed by atoms with van der Waals surface area (Å²) in [6.07, 6.45) is 0. The van der Waals surface area contributed by atoms with Crippen LogP contribution in [0.15, 0.2) is 22.4 Å². The molecule has 0 saturated heterocycles. The molecule has 0 radical (unpaired) electrons. The van der Waals surface area contributed by atoms with E-state index < -0.39 is 7.12 Å². The molecular formula is C8H6BClO2S2. The number of rotatable bonds is 1. The first-order valence-corrected chi connectivity index (χ1v) is 5.56. The summed E-state index contributed by atoms with van der Waals surface area (Å²) in [4.78, 5) is 0.800. The van der Waals surface area contributed by atoms with Gasteiger partial charge in [0.2, 0.25) is 0 Å². The molecule has 2 N–H and O–H groups in total. The van der Waals surface area contributed by atoms with Gasteiger partial charge in [0.05, 0.1) is 0 Å². The maximum absolute atomic E-state index is 9.13. The summed E-state index contributed by atoms with van der Waals surface area (Å²) in [5, 5.41) is 21.4. The first kappa shape index (κ1) is 10.3. The second-order valence-electron chi connectivity index (χ2n) is 2.87. The summed E-state index contributed by atoms with van der Waals surface area (Å²) in [6, 6.07) is 3.32. The third-order valence-electron chi connectivity index (χ3n) is 1.92. The van der Waals surface area contributed by atoms with Crippen LogP contribution in [-0.2, 0) is 0 Å². The summed E-state index contributed by atoms with van der Waals surface area (Å²) in [6.45, 7) is 0. The monoisotopic (exact) mass is 244 g/mol. The quantitative estimate of drug-likeness (QED) is 0.526. The molecule has 1 aromatic heterocycles. The van der Waals surface area contributed by atoms with Gasteiger partial charge in [0, 0.05) is 30.8 Å². The van der Waals surface area contributed by atoms with E-state index in [-0.39, 0.29) is 0 Å². The first-order chi connectivity index (χ1) is 6.59. The average Bonchev–Trinajstić information content (AvgIpc) is 2.47. The Hall–Kier alpha value is -0.195. The zero-order chi connectivity index (χ0) is 10.3. The van der Waals surface area contributed by atoms with Gasteiger partial charge in [-0.1, -0.05) is 11.6 Å². The fourth-order valence-corrected chi connectivity index (χ4v) is 2.90. The second kappa shape index (κ2) is 3.75. The highest BCUT2D eigenvalue weighted by atomic mass is 35.5. The maximum Gasteiger partial charge on any atom is 0.489 e. The fourth-order valence-electron chi connectivity index (χ4n) is 1.31. The number of thiophene rings is 1. The van der Waals surface area contributed by atoms with E-state index in [1.54, 1.807) is 12.1 Å². The summed E-state index contributed by atoms with van der Waals surface area (Å²) in [7, 11) is -1.50. The minimum Gasteiger partial charge on any atom is -0.423 e. The van der Waals surface area contributed by atoms with Crippen LogP contribution in [0.2, 0.25) is 5.02 Å². The topological polar surface area (TPSA) is 40.5 Å². The van der Waals surface area contributed by atoms with E-state index in [9.17, 15) is 0 Å². The zero-order valence-corrected chi connectivity index (χ0v) is 9.40. The number of halogens is 1. The first-order valence-electron chi connectivity index (χ1n) is 3.85. The molecule has 2 nitrogen and oxygen atoms in total. The Bertz CT molecular complexity index is 483. The van der Waals surface area contributed by atoms with Crippen LogP contribution in [0.5, 0.6) is 0 Å². The Balaban J connectivity index is 2.82. The molecule has 0 aliphatic heterocycles. The van der Waals surface area contributed by atoms with Crippen LogP contribution in [0, 0.1) is 0 Å². The molecule has 0 saturated carbocycles. The van der Waals surface area contributed by atoms with E-state index in [4.69, 9.17) is 21.6 Å². The van der Waals surface area contributed by atoms with E-state index in [1.165, 1.54) is 11.3 Å². The van der Waals surface area contributed by atoms with Gasteiger partial charge in [-0.2, -0.15) is 0 Å². The lowest BCUT2D eigenvalue weighted by molar-refractivity contribution is 0.426.